The highest BCUT2D eigenvalue weighted by Gasteiger charge is 2.03. The van der Waals surface area contributed by atoms with Crippen LogP contribution in [0.3, 0.4) is 0 Å². The number of benzene rings is 2. The summed E-state index contributed by atoms with van der Waals surface area (Å²) in [6.45, 7) is 4.04. The van der Waals surface area contributed by atoms with Gasteiger partial charge in [0.05, 0.1) is 5.71 Å². The van der Waals surface area contributed by atoms with Crippen molar-refractivity contribution in [2.24, 2.45) is 5.10 Å². The first-order valence-corrected chi connectivity index (χ1v) is 7.49. The van der Waals surface area contributed by atoms with Crippen LogP contribution in [0.25, 0.3) is 0 Å². The molecular weight excluding hydrogens is 294 g/mol. The smallest absolute Gasteiger partial charge is 0.191 e. The van der Waals surface area contributed by atoms with Crippen molar-refractivity contribution < 1.29 is 5.11 Å². The Kier molecular flexibility index (Phi) is 5.49. The molecule has 0 atom stereocenters. The normalized spacial score (nSPS) is 11.1. The number of phenolic OH excluding ortho intramolecular Hbond substituents is 1. The fourth-order valence-electron chi connectivity index (χ4n) is 1.98. The maximum Gasteiger partial charge on any atom is 0.191 e. The Balaban J connectivity index is 2.04. The fraction of sp³-hybridized carbons (Fsp3) is 0.176. The lowest BCUT2D eigenvalue weighted by Crippen LogP contribution is -2.25. The summed E-state index contributed by atoms with van der Waals surface area (Å²) in [7, 11) is 0. The van der Waals surface area contributed by atoms with Crippen molar-refractivity contribution in [2.45, 2.75) is 20.3 Å². The van der Waals surface area contributed by atoms with E-state index >= 15 is 0 Å². The van der Waals surface area contributed by atoms with Gasteiger partial charge >= 0.3 is 0 Å². The lowest BCUT2D eigenvalue weighted by atomic mass is 10.1. The summed E-state index contributed by atoms with van der Waals surface area (Å²) in [5.74, 6) is 0.240. The number of aryl methyl sites for hydroxylation is 1. The highest BCUT2D eigenvalue weighted by molar-refractivity contribution is 7.80. The number of hydrazone groups is 1. The van der Waals surface area contributed by atoms with Gasteiger partial charge in [-0.1, -0.05) is 25.1 Å². The highest BCUT2D eigenvalue weighted by atomic mass is 32.1. The molecule has 0 saturated heterocycles. The molecule has 0 saturated carbocycles. The van der Waals surface area contributed by atoms with Crippen molar-refractivity contribution in [3.8, 4) is 5.75 Å². The number of hydrogen-bond donors (Lipinski definition) is 3. The van der Waals surface area contributed by atoms with Crippen LogP contribution in [0.4, 0.5) is 5.69 Å². The quantitative estimate of drug-likeness (QED) is 0.456. The molecule has 0 fully saturated rings. The molecule has 3 N–H and O–H groups in total. The summed E-state index contributed by atoms with van der Waals surface area (Å²) in [6, 6.07) is 14.9. The summed E-state index contributed by atoms with van der Waals surface area (Å²) in [5.41, 5.74) is 6.76. The van der Waals surface area contributed by atoms with Crippen molar-refractivity contribution in [3.63, 3.8) is 0 Å². The van der Waals surface area contributed by atoms with E-state index in [9.17, 15) is 5.11 Å². The predicted molar refractivity (Wildman–Crippen MR) is 95.5 cm³/mol. The van der Waals surface area contributed by atoms with Gasteiger partial charge in [-0.3, -0.25) is 5.43 Å². The number of anilines is 1. The molecular formula is C17H19N3OS. The summed E-state index contributed by atoms with van der Waals surface area (Å²) in [4.78, 5) is 0. The van der Waals surface area contributed by atoms with Gasteiger partial charge in [-0.2, -0.15) is 5.10 Å². The summed E-state index contributed by atoms with van der Waals surface area (Å²) in [5, 5.41) is 17.2. The van der Waals surface area contributed by atoms with Crippen molar-refractivity contribution in [3.05, 3.63) is 59.7 Å². The molecule has 0 aromatic heterocycles. The molecule has 0 spiro atoms. The average Bonchev–Trinajstić information content (AvgIpc) is 2.52. The zero-order chi connectivity index (χ0) is 15.9. The first-order valence-electron chi connectivity index (χ1n) is 7.08. The standard InChI is InChI=1S/C17H19N3OS/c1-3-15(13-8-10-14(21)11-9-13)19-20-17(22)18-16-7-5-4-6-12(16)2/h4-11,21H,3H2,1-2H3,(H2,18,20,22)/b19-15+. The molecule has 0 aliphatic rings. The monoisotopic (exact) mass is 313 g/mol. The lowest BCUT2D eigenvalue weighted by molar-refractivity contribution is 0.475. The Morgan fingerprint density at radius 2 is 1.82 bits per heavy atom. The average molecular weight is 313 g/mol. The number of para-hydroxylation sites is 1. The Labute approximate surface area is 135 Å². The van der Waals surface area contributed by atoms with Crippen LogP contribution in [0.1, 0.15) is 24.5 Å². The molecule has 0 heterocycles. The van der Waals surface area contributed by atoms with Crippen LogP contribution in [0.2, 0.25) is 0 Å². The Hall–Kier alpha value is -2.40. The third-order valence-electron chi connectivity index (χ3n) is 3.22. The van der Waals surface area contributed by atoms with Crippen LogP contribution in [-0.4, -0.2) is 15.9 Å². The summed E-state index contributed by atoms with van der Waals surface area (Å²) < 4.78 is 0. The van der Waals surface area contributed by atoms with Crippen molar-refractivity contribution in [2.75, 3.05) is 5.32 Å². The summed E-state index contributed by atoms with van der Waals surface area (Å²) >= 11 is 5.26. The minimum absolute atomic E-state index is 0.240. The van der Waals surface area contributed by atoms with Gasteiger partial charge in [-0.15, -0.1) is 0 Å². The zero-order valence-electron chi connectivity index (χ0n) is 12.6. The van der Waals surface area contributed by atoms with Crippen molar-refractivity contribution >= 4 is 28.7 Å². The van der Waals surface area contributed by atoms with Crippen LogP contribution >= 0.6 is 12.2 Å². The largest absolute Gasteiger partial charge is 0.508 e. The second-order valence-corrected chi connectivity index (χ2v) is 5.25. The van der Waals surface area contributed by atoms with Gasteiger partial charge in [0.25, 0.3) is 0 Å². The molecule has 0 unspecified atom stereocenters. The van der Waals surface area contributed by atoms with Gasteiger partial charge in [-0.05, 0) is 67.0 Å². The van der Waals surface area contributed by atoms with Gasteiger partial charge in [0.15, 0.2) is 5.11 Å². The van der Waals surface area contributed by atoms with Crippen LogP contribution in [0, 0.1) is 6.92 Å². The maximum absolute atomic E-state index is 9.33. The fourth-order valence-corrected chi connectivity index (χ4v) is 2.14. The second kappa shape index (κ2) is 7.56. The second-order valence-electron chi connectivity index (χ2n) is 4.84. The van der Waals surface area contributed by atoms with Gasteiger partial charge in [0.1, 0.15) is 5.75 Å². The molecule has 5 heteroatoms. The first-order chi connectivity index (χ1) is 10.6. The van der Waals surface area contributed by atoms with Gasteiger partial charge < -0.3 is 10.4 Å². The van der Waals surface area contributed by atoms with E-state index in [-0.39, 0.29) is 5.75 Å². The first kappa shape index (κ1) is 16.0. The molecule has 114 valence electrons. The lowest BCUT2D eigenvalue weighted by Gasteiger charge is -2.11. The highest BCUT2D eigenvalue weighted by Crippen LogP contribution is 2.13. The number of phenols is 1. The van der Waals surface area contributed by atoms with E-state index in [2.05, 4.69) is 15.8 Å². The van der Waals surface area contributed by atoms with E-state index < -0.39 is 0 Å². The Bertz CT molecular complexity index is 681. The summed E-state index contributed by atoms with van der Waals surface area (Å²) in [6.07, 6.45) is 0.755. The minimum Gasteiger partial charge on any atom is -0.508 e. The molecule has 0 bridgehead atoms. The van der Waals surface area contributed by atoms with Crippen LogP contribution in [0.5, 0.6) is 5.75 Å². The zero-order valence-corrected chi connectivity index (χ0v) is 13.4. The van der Waals surface area contributed by atoms with Crippen LogP contribution in [-0.2, 0) is 0 Å². The van der Waals surface area contributed by atoms with Crippen LogP contribution < -0.4 is 10.7 Å². The van der Waals surface area contributed by atoms with Crippen LogP contribution in [0.15, 0.2) is 53.6 Å². The third-order valence-corrected chi connectivity index (χ3v) is 3.41. The topological polar surface area (TPSA) is 56.7 Å². The van der Waals surface area contributed by atoms with E-state index in [1.54, 1.807) is 12.1 Å². The number of rotatable bonds is 4. The molecule has 2 aromatic rings. The van der Waals surface area contributed by atoms with Crippen molar-refractivity contribution in [1.29, 1.82) is 0 Å². The van der Waals surface area contributed by atoms with E-state index in [0.29, 0.717) is 5.11 Å². The van der Waals surface area contributed by atoms with Gasteiger partial charge in [0, 0.05) is 5.69 Å². The molecule has 2 rings (SSSR count). The van der Waals surface area contributed by atoms with Gasteiger partial charge in [0.2, 0.25) is 0 Å². The van der Waals surface area contributed by atoms with E-state index in [1.165, 1.54) is 0 Å². The minimum atomic E-state index is 0.240. The number of nitrogens with zero attached hydrogens (tertiary/aromatic N) is 1. The third kappa shape index (κ3) is 4.30. The Morgan fingerprint density at radius 1 is 1.14 bits per heavy atom. The molecule has 0 amide bonds. The number of hydrogen-bond acceptors (Lipinski definition) is 3. The number of nitrogens with one attached hydrogen (secondary N) is 2. The van der Waals surface area contributed by atoms with Crippen molar-refractivity contribution in [1.82, 2.24) is 5.43 Å². The molecule has 0 radical (unpaired) electrons. The predicted octanol–water partition coefficient (Wildman–Crippen LogP) is 3.80. The molecule has 0 aliphatic carbocycles. The SMILES string of the molecule is CC/C(=N\NC(=S)Nc1ccccc1C)c1ccc(O)cc1. The molecule has 22 heavy (non-hydrogen) atoms. The number of aromatic hydroxyl groups is 1. The maximum atomic E-state index is 9.33. The van der Waals surface area contributed by atoms with E-state index in [1.807, 2.05) is 50.2 Å². The molecule has 0 aliphatic heterocycles. The molecule has 4 nitrogen and oxygen atoms in total. The number of thiocarbonyl (C=S) groups is 1. The van der Waals surface area contributed by atoms with E-state index in [0.717, 1.165) is 28.9 Å². The van der Waals surface area contributed by atoms with E-state index in [4.69, 9.17) is 12.2 Å². The Morgan fingerprint density at radius 3 is 2.45 bits per heavy atom. The van der Waals surface area contributed by atoms with Gasteiger partial charge in [-0.25, -0.2) is 0 Å². The molecule has 2 aromatic carbocycles.